The van der Waals surface area contributed by atoms with Crippen LogP contribution in [0, 0.1) is 35.0 Å². The number of Topliss-reactive ketones (excluding diaryl/α,β-unsaturated/α-hetero) is 1. The lowest BCUT2D eigenvalue weighted by molar-refractivity contribution is -0.194. The zero-order valence-corrected chi connectivity index (χ0v) is 32.1. The van der Waals surface area contributed by atoms with E-state index in [4.69, 9.17) is 23.7 Å². The van der Waals surface area contributed by atoms with E-state index in [1.54, 1.807) is 61.5 Å². The number of carbonyl (C=O) groups excluding carboxylic acids is 6. The fourth-order valence-corrected chi connectivity index (χ4v) is 6.54. The number of fused-ring (bicyclic) bond motifs is 1. The monoisotopic (exact) mass is 722 g/mol. The van der Waals surface area contributed by atoms with E-state index in [1.165, 1.54) is 19.9 Å². The van der Waals surface area contributed by atoms with Gasteiger partial charge in [-0.05, 0) is 25.3 Å². The average Bonchev–Trinajstić information content (AvgIpc) is 3.26. The molecule has 2 N–H and O–H groups in total. The minimum Gasteiger partial charge on any atom is -0.458 e. The van der Waals surface area contributed by atoms with E-state index < -0.39 is 119 Å². The highest BCUT2D eigenvalue weighted by Gasteiger charge is 2.69. The van der Waals surface area contributed by atoms with Crippen molar-refractivity contribution in [2.24, 2.45) is 35.0 Å². The summed E-state index contributed by atoms with van der Waals surface area (Å²) in [6.07, 6.45) is -5.14. The summed E-state index contributed by atoms with van der Waals surface area (Å²) in [4.78, 5) is 79.6. The molecule has 0 spiro atoms. The van der Waals surface area contributed by atoms with E-state index in [0.29, 0.717) is 12.8 Å². The van der Waals surface area contributed by atoms with E-state index in [2.05, 4.69) is 6.58 Å². The van der Waals surface area contributed by atoms with Crippen LogP contribution in [-0.4, -0.2) is 87.6 Å². The molecule has 13 heteroatoms. The first-order chi connectivity index (χ1) is 23.4. The number of aliphatic hydroxyl groups excluding tert-OH is 1. The molecule has 2 aliphatic rings. The van der Waals surface area contributed by atoms with Crippen LogP contribution in [0.2, 0.25) is 0 Å². The molecule has 0 aromatic carbocycles. The first kappa shape index (κ1) is 43.6. The summed E-state index contributed by atoms with van der Waals surface area (Å²) in [5, 5.41) is 25.0. The molecule has 11 atom stereocenters. The lowest BCUT2D eigenvalue weighted by atomic mass is 9.72. The van der Waals surface area contributed by atoms with Crippen molar-refractivity contribution < 1.29 is 62.7 Å². The van der Waals surface area contributed by atoms with Gasteiger partial charge in [0.05, 0.1) is 29.8 Å². The minimum atomic E-state index is -2.51. The zero-order valence-electron chi connectivity index (χ0n) is 32.1. The highest BCUT2D eigenvalue weighted by atomic mass is 16.6. The molecule has 1 fully saturated rings. The first-order valence-corrected chi connectivity index (χ1v) is 17.7. The molecule has 13 nitrogen and oxygen atoms in total. The average molecular weight is 723 g/mol. The Balaban J connectivity index is 3.07. The van der Waals surface area contributed by atoms with Crippen molar-refractivity contribution in [1.82, 2.24) is 0 Å². The second kappa shape index (κ2) is 16.8. The Bertz CT molecular complexity index is 1380. The van der Waals surface area contributed by atoms with Gasteiger partial charge in [0.25, 0.3) is 0 Å². The van der Waals surface area contributed by atoms with E-state index in [9.17, 15) is 39.0 Å². The van der Waals surface area contributed by atoms with E-state index in [0.717, 1.165) is 13.8 Å². The third kappa shape index (κ3) is 9.65. The topological polar surface area (TPSA) is 189 Å². The normalized spacial score (nSPS) is 33.5. The van der Waals surface area contributed by atoms with Crippen molar-refractivity contribution in [3.05, 3.63) is 24.3 Å². The predicted octanol–water partition coefficient (Wildman–Crippen LogP) is 4.19. The Hall–Kier alpha value is -3.58. The Morgan fingerprint density at radius 1 is 0.863 bits per heavy atom. The summed E-state index contributed by atoms with van der Waals surface area (Å²) >= 11 is 0. The second-order valence-electron chi connectivity index (χ2n) is 15.3. The van der Waals surface area contributed by atoms with Crippen LogP contribution in [0.25, 0.3) is 0 Å². The summed E-state index contributed by atoms with van der Waals surface area (Å²) in [5.41, 5.74) is -5.94. The molecule has 0 aromatic rings. The molecule has 0 amide bonds. The molecule has 0 radical (unpaired) electrons. The van der Waals surface area contributed by atoms with Crippen molar-refractivity contribution >= 4 is 35.6 Å². The molecule has 0 bridgehead atoms. The van der Waals surface area contributed by atoms with Gasteiger partial charge in [-0.2, -0.15) is 0 Å². The number of ether oxygens (including phenoxy) is 5. The van der Waals surface area contributed by atoms with Crippen LogP contribution in [0.3, 0.4) is 0 Å². The third-order valence-corrected chi connectivity index (χ3v) is 10.1. The van der Waals surface area contributed by atoms with Gasteiger partial charge in [0.1, 0.15) is 11.2 Å². The zero-order chi connectivity index (χ0) is 39.4. The predicted molar refractivity (Wildman–Crippen MR) is 184 cm³/mol. The number of hydrogen-bond acceptors (Lipinski definition) is 13. The van der Waals surface area contributed by atoms with Crippen molar-refractivity contribution in [1.29, 1.82) is 0 Å². The van der Waals surface area contributed by atoms with Crippen LogP contribution >= 0.6 is 0 Å². The van der Waals surface area contributed by atoms with Crippen LogP contribution < -0.4 is 0 Å². The summed E-state index contributed by atoms with van der Waals surface area (Å²) in [5.74, 6) is -9.41. The maximum absolute atomic E-state index is 14.5. The van der Waals surface area contributed by atoms with Gasteiger partial charge in [-0.3, -0.25) is 28.8 Å². The van der Waals surface area contributed by atoms with Gasteiger partial charge in [0, 0.05) is 31.6 Å². The smallest absolute Gasteiger partial charge is 0.309 e. The number of allylic oxidation sites excluding steroid dienone is 1. The Morgan fingerprint density at radius 3 is 1.88 bits per heavy atom. The standard InChI is InChI=1S/C38H58O13/c1-14-20(5)34(44)50-31-26-27(41)23(8)28(49-33(43)19(3)4)29(47-24(9)39)32(48-25(10)40)36(11,12)17-16-22(7)30(42)38(26,46)18-37(31,13)51-35(45)21(6)15-2/h16-17,19-22,26-29,31-32,41,46H,8,14-15,18H2,1-7,9-13H3. The van der Waals surface area contributed by atoms with Gasteiger partial charge in [0.2, 0.25) is 0 Å². The van der Waals surface area contributed by atoms with Gasteiger partial charge >= 0.3 is 29.8 Å². The highest BCUT2D eigenvalue weighted by Crippen LogP contribution is 2.52. The number of hydrogen-bond donors (Lipinski definition) is 2. The fraction of sp³-hybridized carbons (Fsp3) is 0.737. The number of esters is 5. The van der Waals surface area contributed by atoms with Crippen LogP contribution in [0.4, 0.5) is 0 Å². The molecule has 0 aliphatic heterocycles. The SMILES string of the molecule is C=C1C(O)C2C(OC(=O)C(C)CC)C(C)(OC(=O)C(C)CC)CC2(O)C(=O)C(C)C=CC(C)(C)C(OC(C)=O)C(OC(C)=O)C1OC(=O)C(C)C. The van der Waals surface area contributed by atoms with Crippen molar-refractivity contribution in [3.63, 3.8) is 0 Å². The summed E-state index contributed by atoms with van der Waals surface area (Å²) in [7, 11) is 0. The van der Waals surface area contributed by atoms with E-state index in [-0.39, 0.29) is 5.57 Å². The second-order valence-corrected chi connectivity index (χ2v) is 15.3. The van der Waals surface area contributed by atoms with Crippen molar-refractivity contribution in [2.45, 2.75) is 144 Å². The van der Waals surface area contributed by atoms with Crippen molar-refractivity contribution in [2.75, 3.05) is 0 Å². The maximum Gasteiger partial charge on any atom is 0.309 e. The summed E-state index contributed by atoms with van der Waals surface area (Å²) < 4.78 is 29.3. The van der Waals surface area contributed by atoms with E-state index >= 15 is 0 Å². The van der Waals surface area contributed by atoms with Gasteiger partial charge in [-0.15, -0.1) is 0 Å². The summed E-state index contributed by atoms with van der Waals surface area (Å²) in [6.45, 7) is 22.4. The lowest BCUT2D eigenvalue weighted by Crippen LogP contribution is -2.57. The number of ketones is 1. The fourth-order valence-electron chi connectivity index (χ4n) is 6.54. The maximum atomic E-state index is 14.5. The Kier molecular flexibility index (Phi) is 14.4. The highest BCUT2D eigenvalue weighted by molar-refractivity contribution is 5.92. The number of rotatable bonds is 10. The molecule has 288 valence electrons. The molecular formula is C38H58O13. The molecule has 51 heavy (non-hydrogen) atoms. The Labute approximate surface area is 301 Å². The van der Waals surface area contributed by atoms with Gasteiger partial charge in [-0.25, -0.2) is 0 Å². The Morgan fingerprint density at radius 2 is 1.39 bits per heavy atom. The van der Waals surface area contributed by atoms with Crippen LogP contribution in [0.15, 0.2) is 24.3 Å². The molecular weight excluding hydrogens is 664 g/mol. The largest absolute Gasteiger partial charge is 0.458 e. The van der Waals surface area contributed by atoms with Crippen LogP contribution in [0.5, 0.6) is 0 Å². The molecule has 11 unspecified atom stereocenters. The third-order valence-electron chi connectivity index (χ3n) is 10.1. The van der Waals surface area contributed by atoms with E-state index in [1.807, 2.05) is 0 Å². The van der Waals surface area contributed by atoms with Crippen LogP contribution in [-0.2, 0) is 52.5 Å². The number of carbonyl (C=O) groups is 6. The lowest BCUT2D eigenvalue weighted by Gasteiger charge is -2.43. The van der Waals surface area contributed by atoms with Gasteiger partial charge in [0.15, 0.2) is 30.2 Å². The molecule has 1 saturated carbocycles. The molecule has 0 aromatic heterocycles. The summed E-state index contributed by atoms with van der Waals surface area (Å²) in [6, 6.07) is 0. The first-order valence-electron chi connectivity index (χ1n) is 17.7. The minimum absolute atomic E-state index is 0.362. The van der Waals surface area contributed by atoms with Crippen molar-refractivity contribution in [3.8, 4) is 0 Å². The van der Waals surface area contributed by atoms with Crippen LogP contribution in [0.1, 0.15) is 102 Å². The molecule has 0 saturated heterocycles. The molecule has 0 heterocycles. The van der Waals surface area contributed by atoms with Gasteiger partial charge in [-0.1, -0.05) is 81.0 Å². The number of aliphatic hydroxyl groups is 2. The quantitative estimate of drug-likeness (QED) is 0.186. The van der Waals surface area contributed by atoms with Gasteiger partial charge < -0.3 is 33.9 Å². The molecule has 2 aliphatic carbocycles. The molecule has 2 rings (SSSR count).